The summed E-state index contributed by atoms with van der Waals surface area (Å²) in [4.78, 5) is 25.1. The maximum atomic E-state index is 12.6. The first-order chi connectivity index (χ1) is 10.6. The Kier molecular flexibility index (Phi) is 3.15. The number of fused-ring (bicyclic) bond motifs is 1. The van der Waals surface area contributed by atoms with Crippen molar-refractivity contribution in [2.24, 2.45) is 28.8 Å². The number of imide groups is 1. The van der Waals surface area contributed by atoms with E-state index in [0.717, 1.165) is 23.4 Å². The number of halogens is 1. The maximum Gasteiger partial charge on any atom is 0.254 e. The minimum atomic E-state index is -0.210. The van der Waals surface area contributed by atoms with Gasteiger partial charge in [-0.2, -0.15) is 10.1 Å². The number of rotatable bonds is 2. The van der Waals surface area contributed by atoms with E-state index in [0.29, 0.717) is 5.02 Å². The number of hydrazone groups is 1. The molecule has 3 aliphatic carbocycles. The molecule has 2 bridgehead atoms. The molecule has 0 aromatic heterocycles. The van der Waals surface area contributed by atoms with E-state index in [1.54, 1.807) is 30.5 Å². The molecule has 1 aromatic carbocycles. The zero-order valence-corrected chi connectivity index (χ0v) is 12.6. The molecular formula is C17H15ClN2O2. The van der Waals surface area contributed by atoms with Crippen LogP contribution in [0.3, 0.4) is 0 Å². The van der Waals surface area contributed by atoms with Gasteiger partial charge in [0, 0.05) is 5.02 Å². The number of allylic oxidation sites excluding steroid dienone is 2. The Labute approximate surface area is 133 Å². The van der Waals surface area contributed by atoms with Crippen molar-refractivity contribution in [1.82, 2.24) is 5.01 Å². The van der Waals surface area contributed by atoms with Gasteiger partial charge in [0.1, 0.15) is 0 Å². The van der Waals surface area contributed by atoms with E-state index in [-0.39, 0.29) is 35.5 Å². The van der Waals surface area contributed by atoms with Crippen LogP contribution in [0.1, 0.15) is 18.4 Å². The number of carbonyl (C=O) groups is 2. The zero-order valence-electron chi connectivity index (χ0n) is 11.9. The second-order valence-electron chi connectivity index (χ2n) is 6.13. The van der Waals surface area contributed by atoms with Gasteiger partial charge in [0.05, 0.1) is 18.1 Å². The van der Waals surface area contributed by atoms with Gasteiger partial charge in [-0.05, 0) is 42.4 Å². The van der Waals surface area contributed by atoms with Gasteiger partial charge in [0.15, 0.2) is 0 Å². The van der Waals surface area contributed by atoms with Gasteiger partial charge in [-0.25, -0.2) is 0 Å². The largest absolute Gasteiger partial charge is 0.272 e. The Hall–Kier alpha value is -1.94. The smallest absolute Gasteiger partial charge is 0.254 e. The van der Waals surface area contributed by atoms with Gasteiger partial charge in [0.2, 0.25) is 0 Å². The Morgan fingerprint density at radius 1 is 1.00 bits per heavy atom. The van der Waals surface area contributed by atoms with Crippen molar-refractivity contribution in [2.45, 2.75) is 12.8 Å². The number of hydrogen-bond donors (Lipinski definition) is 0. The molecule has 0 radical (unpaired) electrons. The van der Waals surface area contributed by atoms with E-state index in [4.69, 9.17) is 11.6 Å². The molecule has 22 heavy (non-hydrogen) atoms. The second-order valence-corrected chi connectivity index (χ2v) is 6.56. The SMILES string of the molecule is O=C1[C@@H]2[C@@H](C(=O)N1/N=C\c1ccc(Cl)cc1)[C@H]1C=C[C@H]2CC1. The standard InChI is InChI=1S/C17H15ClN2O2/c18-13-7-1-10(2-8-13)9-19-20-16(21)14-11-3-4-12(6-5-11)15(14)17(20)22/h1-4,7-9,11-12,14-15H,5-6H2/b19-9-/t11-,12-,14-,15-/m0/s1. The first kappa shape index (κ1) is 13.7. The predicted molar refractivity (Wildman–Crippen MR) is 83.2 cm³/mol. The van der Waals surface area contributed by atoms with Crippen molar-refractivity contribution in [2.75, 3.05) is 0 Å². The van der Waals surface area contributed by atoms with E-state index >= 15 is 0 Å². The van der Waals surface area contributed by atoms with Crippen LogP contribution >= 0.6 is 11.6 Å². The van der Waals surface area contributed by atoms with Crippen LogP contribution in [0.2, 0.25) is 5.02 Å². The molecule has 0 spiro atoms. The molecule has 1 heterocycles. The van der Waals surface area contributed by atoms with Crippen molar-refractivity contribution in [3.05, 3.63) is 47.0 Å². The minimum absolute atomic E-state index is 0.153. The molecule has 1 saturated heterocycles. The lowest BCUT2D eigenvalue weighted by Crippen LogP contribution is -2.38. The molecule has 2 amide bonds. The van der Waals surface area contributed by atoms with Gasteiger partial charge in [-0.3, -0.25) is 9.59 Å². The first-order valence-corrected chi connectivity index (χ1v) is 7.88. The predicted octanol–water partition coefficient (Wildman–Crippen LogP) is 2.87. The van der Waals surface area contributed by atoms with E-state index in [1.807, 2.05) is 0 Å². The molecule has 4 aliphatic rings. The summed E-state index contributed by atoms with van der Waals surface area (Å²) >= 11 is 5.84. The summed E-state index contributed by atoms with van der Waals surface area (Å²) < 4.78 is 0. The Morgan fingerprint density at radius 3 is 2.05 bits per heavy atom. The van der Waals surface area contributed by atoms with E-state index < -0.39 is 0 Å². The van der Waals surface area contributed by atoms with E-state index in [1.165, 1.54) is 0 Å². The molecule has 1 aliphatic heterocycles. The molecule has 0 N–H and O–H groups in total. The normalized spacial score (nSPS) is 33.0. The van der Waals surface area contributed by atoms with Gasteiger partial charge >= 0.3 is 0 Å². The van der Waals surface area contributed by atoms with Gasteiger partial charge in [0.25, 0.3) is 11.8 Å². The lowest BCUT2D eigenvalue weighted by molar-refractivity contribution is -0.140. The van der Waals surface area contributed by atoms with Gasteiger partial charge in [-0.1, -0.05) is 35.9 Å². The van der Waals surface area contributed by atoms with E-state index in [9.17, 15) is 9.59 Å². The molecular weight excluding hydrogens is 300 g/mol. The van der Waals surface area contributed by atoms with Gasteiger partial charge < -0.3 is 0 Å². The number of hydrogen-bond acceptors (Lipinski definition) is 3. The maximum absolute atomic E-state index is 12.6. The summed E-state index contributed by atoms with van der Waals surface area (Å²) in [6.45, 7) is 0. The van der Waals surface area contributed by atoms with Crippen molar-refractivity contribution in [3.8, 4) is 0 Å². The second kappa shape index (κ2) is 5.06. The van der Waals surface area contributed by atoms with Crippen molar-refractivity contribution < 1.29 is 9.59 Å². The van der Waals surface area contributed by atoms with Crippen molar-refractivity contribution in [3.63, 3.8) is 0 Å². The number of benzene rings is 1. The molecule has 1 aromatic rings. The average Bonchev–Trinajstić information content (AvgIpc) is 2.82. The van der Waals surface area contributed by atoms with Crippen LogP contribution in [-0.4, -0.2) is 23.0 Å². The lowest BCUT2D eigenvalue weighted by Gasteiger charge is -2.37. The highest BCUT2D eigenvalue weighted by Gasteiger charge is 2.56. The number of nitrogens with zero attached hydrogens (tertiary/aromatic N) is 2. The molecule has 4 atom stereocenters. The van der Waals surface area contributed by atoms with Crippen LogP contribution < -0.4 is 0 Å². The zero-order chi connectivity index (χ0) is 15.3. The van der Waals surface area contributed by atoms with Crippen LogP contribution in [-0.2, 0) is 9.59 Å². The third kappa shape index (κ3) is 2.02. The summed E-state index contributed by atoms with van der Waals surface area (Å²) in [5.74, 6) is -0.333. The van der Waals surface area contributed by atoms with Crippen molar-refractivity contribution in [1.29, 1.82) is 0 Å². The summed E-state index contributed by atoms with van der Waals surface area (Å²) in [6.07, 6.45) is 7.74. The van der Waals surface area contributed by atoms with Crippen LogP contribution in [0, 0.1) is 23.7 Å². The number of amides is 2. The highest BCUT2D eigenvalue weighted by Crippen LogP contribution is 2.49. The van der Waals surface area contributed by atoms with Gasteiger partial charge in [-0.15, -0.1) is 0 Å². The molecule has 112 valence electrons. The third-order valence-corrected chi connectivity index (χ3v) is 5.18. The molecule has 2 fully saturated rings. The summed E-state index contributed by atoms with van der Waals surface area (Å²) in [6, 6.07) is 7.10. The van der Waals surface area contributed by atoms with E-state index in [2.05, 4.69) is 17.3 Å². The Morgan fingerprint density at radius 2 is 1.55 bits per heavy atom. The van der Waals surface area contributed by atoms with Crippen LogP contribution in [0.4, 0.5) is 0 Å². The minimum Gasteiger partial charge on any atom is -0.272 e. The Balaban J connectivity index is 1.60. The lowest BCUT2D eigenvalue weighted by atomic mass is 9.63. The third-order valence-electron chi connectivity index (χ3n) is 4.93. The molecule has 1 saturated carbocycles. The highest BCUT2D eigenvalue weighted by molar-refractivity contribution is 6.30. The molecule has 5 rings (SSSR count). The fourth-order valence-electron chi connectivity index (χ4n) is 3.85. The van der Waals surface area contributed by atoms with Crippen LogP contribution in [0.5, 0.6) is 0 Å². The first-order valence-electron chi connectivity index (χ1n) is 7.51. The summed E-state index contributed by atoms with van der Waals surface area (Å²) in [7, 11) is 0. The quantitative estimate of drug-likeness (QED) is 0.479. The van der Waals surface area contributed by atoms with Crippen molar-refractivity contribution >= 4 is 29.6 Å². The molecule has 4 nitrogen and oxygen atoms in total. The molecule has 5 heteroatoms. The Bertz CT molecular complexity index is 663. The highest BCUT2D eigenvalue weighted by atomic mass is 35.5. The average molecular weight is 315 g/mol. The monoisotopic (exact) mass is 314 g/mol. The topological polar surface area (TPSA) is 49.7 Å². The van der Waals surface area contributed by atoms with Crippen LogP contribution in [0.25, 0.3) is 0 Å². The summed E-state index contributed by atoms with van der Waals surface area (Å²) in [5.41, 5.74) is 0.806. The summed E-state index contributed by atoms with van der Waals surface area (Å²) in [5, 5.41) is 5.85. The number of carbonyl (C=O) groups excluding carboxylic acids is 2. The van der Waals surface area contributed by atoms with Crippen LogP contribution in [0.15, 0.2) is 41.5 Å². The fourth-order valence-corrected chi connectivity index (χ4v) is 3.97. The molecule has 0 unspecified atom stereocenters. The fraction of sp³-hybridized carbons (Fsp3) is 0.353.